The van der Waals surface area contributed by atoms with Crippen molar-refractivity contribution in [1.29, 1.82) is 0 Å². The quantitative estimate of drug-likeness (QED) is 0.568. The first-order valence-electron chi connectivity index (χ1n) is 8.71. The summed E-state index contributed by atoms with van der Waals surface area (Å²) in [4.78, 5) is 9.17. The second-order valence-corrected chi connectivity index (χ2v) is 6.73. The van der Waals surface area contributed by atoms with Crippen LogP contribution in [0.2, 0.25) is 0 Å². The van der Waals surface area contributed by atoms with Gasteiger partial charge in [0.15, 0.2) is 11.5 Å². The highest BCUT2D eigenvalue weighted by atomic mass is 15.4. The van der Waals surface area contributed by atoms with E-state index in [1.54, 1.807) is 4.52 Å². The van der Waals surface area contributed by atoms with E-state index < -0.39 is 0 Å². The largest absolute Gasteiger partial charge is 0.353 e. The Morgan fingerprint density at radius 1 is 1.04 bits per heavy atom. The summed E-state index contributed by atoms with van der Waals surface area (Å²) in [6.45, 7) is 3.75. The maximum atomic E-state index is 4.66. The zero-order chi connectivity index (χ0) is 17.7. The van der Waals surface area contributed by atoms with Crippen LogP contribution < -0.4 is 9.80 Å². The van der Waals surface area contributed by atoms with E-state index in [4.69, 9.17) is 0 Å². The zero-order valence-electron chi connectivity index (χ0n) is 14.7. The number of aryl methyl sites for hydroxylation is 1. The Hall–Kier alpha value is -3.22. The molecule has 1 saturated heterocycles. The normalized spacial score (nSPS) is 14.8. The lowest BCUT2D eigenvalue weighted by Gasteiger charge is -2.45. The number of aromatic nitrogens is 5. The molecule has 0 saturated carbocycles. The third kappa shape index (κ3) is 2.28. The van der Waals surface area contributed by atoms with Gasteiger partial charge in [-0.25, -0.2) is 4.98 Å². The lowest BCUT2D eigenvalue weighted by molar-refractivity contribution is 0.488. The molecular formula is C19H19N7. The summed E-state index contributed by atoms with van der Waals surface area (Å²) in [5.41, 5.74) is 0.778. The molecule has 1 fully saturated rings. The van der Waals surface area contributed by atoms with Gasteiger partial charge in [-0.1, -0.05) is 24.3 Å². The Bertz CT molecular complexity index is 1090. The van der Waals surface area contributed by atoms with Crippen molar-refractivity contribution in [3.05, 3.63) is 54.5 Å². The van der Waals surface area contributed by atoms with Crippen molar-refractivity contribution in [1.82, 2.24) is 24.8 Å². The summed E-state index contributed by atoms with van der Waals surface area (Å²) in [5, 5.41) is 15.2. The van der Waals surface area contributed by atoms with Crippen molar-refractivity contribution < 1.29 is 0 Å². The molecule has 1 aliphatic heterocycles. The minimum Gasteiger partial charge on any atom is -0.353 e. The Morgan fingerprint density at radius 3 is 2.77 bits per heavy atom. The molecule has 0 spiro atoms. The highest BCUT2D eigenvalue weighted by molar-refractivity contribution is 5.92. The number of anilines is 2. The van der Waals surface area contributed by atoms with E-state index in [0.29, 0.717) is 6.04 Å². The Balaban J connectivity index is 1.37. The smallest absolute Gasteiger partial charge is 0.178 e. The minimum atomic E-state index is 0.410. The van der Waals surface area contributed by atoms with Gasteiger partial charge >= 0.3 is 0 Å². The summed E-state index contributed by atoms with van der Waals surface area (Å²) < 4.78 is 1.79. The molecule has 1 aromatic carbocycles. The second-order valence-electron chi connectivity index (χ2n) is 6.73. The molecule has 0 unspecified atom stereocenters. The molecule has 4 aromatic rings. The average molecular weight is 345 g/mol. The number of rotatable bonds is 3. The van der Waals surface area contributed by atoms with Crippen LogP contribution in [0.3, 0.4) is 0 Å². The van der Waals surface area contributed by atoms with E-state index in [9.17, 15) is 0 Å². The van der Waals surface area contributed by atoms with Crippen molar-refractivity contribution in [2.75, 3.05) is 29.9 Å². The summed E-state index contributed by atoms with van der Waals surface area (Å²) in [5.74, 6) is 2.79. The lowest BCUT2D eigenvalue weighted by Crippen LogP contribution is -2.59. The third-order valence-corrected chi connectivity index (χ3v) is 5.13. The molecule has 0 bridgehead atoms. The molecule has 3 aromatic heterocycles. The number of likely N-dealkylation sites (N-methyl/N-ethyl adjacent to an activating group) is 1. The first-order chi connectivity index (χ1) is 12.7. The fraction of sp³-hybridized carbons (Fsp3) is 0.263. The zero-order valence-corrected chi connectivity index (χ0v) is 14.7. The van der Waals surface area contributed by atoms with Gasteiger partial charge in [0.25, 0.3) is 0 Å². The van der Waals surface area contributed by atoms with Gasteiger partial charge in [0, 0.05) is 31.7 Å². The van der Waals surface area contributed by atoms with Crippen molar-refractivity contribution in [3.63, 3.8) is 0 Å². The first kappa shape index (κ1) is 15.1. The monoisotopic (exact) mass is 345 g/mol. The molecule has 5 rings (SSSR count). The van der Waals surface area contributed by atoms with Crippen molar-refractivity contribution in [2.24, 2.45) is 0 Å². The Kier molecular flexibility index (Phi) is 3.28. The summed E-state index contributed by atoms with van der Waals surface area (Å²) in [6, 6.07) is 14.8. The molecule has 7 nitrogen and oxygen atoms in total. The van der Waals surface area contributed by atoms with Gasteiger partial charge in [-0.3, -0.25) is 0 Å². The van der Waals surface area contributed by atoms with Crippen molar-refractivity contribution in [2.45, 2.75) is 13.0 Å². The maximum absolute atomic E-state index is 4.66. The number of hydrogen-bond acceptors (Lipinski definition) is 6. The Labute approximate surface area is 150 Å². The number of nitrogens with zero attached hydrogens (tertiary/aromatic N) is 7. The standard InChI is InChI=1S/C19H19N7/c1-13-21-22-17-7-8-18(23-26(13)17)25-11-15(12-25)24(2)19-16-6-4-3-5-14(16)9-10-20-19/h3-10,15H,11-12H2,1-2H3. The minimum absolute atomic E-state index is 0.410. The number of fused-ring (bicyclic) bond motifs is 2. The predicted molar refractivity (Wildman–Crippen MR) is 102 cm³/mol. The van der Waals surface area contributed by atoms with E-state index in [1.165, 1.54) is 10.8 Å². The van der Waals surface area contributed by atoms with Crippen LogP contribution in [0.1, 0.15) is 5.82 Å². The van der Waals surface area contributed by atoms with Crippen LogP contribution in [0.4, 0.5) is 11.6 Å². The maximum Gasteiger partial charge on any atom is 0.178 e. The van der Waals surface area contributed by atoms with Crippen LogP contribution in [-0.2, 0) is 0 Å². The molecule has 0 aliphatic carbocycles. The lowest BCUT2D eigenvalue weighted by atomic mass is 10.1. The van der Waals surface area contributed by atoms with E-state index in [1.807, 2.05) is 25.3 Å². The molecule has 0 amide bonds. The third-order valence-electron chi connectivity index (χ3n) is 5.13. The second kappa shape index (κ2) is 5.66. The molecule has 130 valence electrons. The Morgan fingerprint density at radius 2 is 1.88 bits per heavy atom. The number of hydrogen-bond donors (Lipinski definition) is 0. The van der Waals surface area contributed by atoms with Crippen LogP contribution in [0.5, 0.6) is 0 Å². The van der Waals surface area contributed by atoms with Crippen LogP contribution >= 0.6 is 0 Å². The van der Waals surface area contributed by atoms with Crippen molar-refractivity contribution >= 4 is 28.1 Å². The van der Waals surface area contributed by atoms with Gasteiger partial charge in [-0.15, -0.1) is 15.3 Å². The molecule has 0 radical (unpaired) electrons. The number of benzene rings is 1. The van der Waals surface area contributed by atoms with E-state index in [-0.39, 0.29) is 0 Å². The first-order valence-corrected chi connectivity index (χ1v) is 8.71. The molecule has 0 N–H and O–H groups in total. The van der Waals surface area contributed by atoms with Gasteiger partial charge in [-0.05, 0) is 30.5 Å². The van der Waals surface area contributed by atoms with Crippen LogP contribution in [-0.4, -0.2) is 51.0 Å². The van der Waals surface area contributed by atoms with Gasteiger partial charge in [-0.2, -0.15) is 4.52 Å². The van der Waals surface area contributed by atoms with Crippen LogP contribution in [0.15, 0.2) is 48.7 Å². The van der Waals surface area contributed by atoms with Crippen LogP contribution in [0.25, 0.3) is 16.4 Å². The topological polar surface area (TPSA) is 62.5 Å². The average Bonchev–Trinajstić information content (AvgIpc) is 3.00. The molecule has 4 heterocycles. The fourth-order valence-corrected chi connectivity index (χ4v) is 3.50. The summed E-state index contributed by atoms with van der Waals surface area (Å²) in [7, 11) is 2.12. The van der Waals surface area contributed by atoms with E-state index >= 15 is 0 Å². The van der Waals surface area contributed by atoms with Gasteiger partial charge in [0.05, 0.1) is 6.04 Å². The summed E-state index contributed by atoms with van der Waals surface area (Å²) >= 11 is 0. The molecule has 0 atom stereocenters. The van der Waals surface area contributed by atoms with Gasteiger partial charge in [0.1, 0.15) is 11.6 Å². The van der Waals surface area contributed by atoms with Gasteiger partial charge < -0.3 is 9.80 Å². The number of pyridine rings is 1. The predicted octanol–water partition coefficient (Wildman–Crippen LogP) is 2.31. The van der Waals surface area contributed by atoms with Gasteiger partial charge in [0.2, 0.25) is 0 Å². The van der Waals surface area contributed by atoms with E-state index in [0.717, 1.165) is 36.2 Å². The van der Waals surface area contributed by atoms with Crippen LogP contribution in [0, 0.1) is 6.92 Å². The molecule has 26 heavy (non-hydrogen) atoms. The summed E-state index contributed by atoms with van der Waals surface area (Å²) in [6.07, 6.45) is 1.88. The molecular weight excluding hydrogens is 326 g/mol. The fourth-order valence-electron chi connectivity index (χ4n) is 3.50. The van der Waals surface area contributed by atoms with Crippen molar-refractivity contribution in [3.8, 4) is 0 Å². The molecule has 1 aliphatic rings. The molecule has 7 heteroatoms. The highest BCUT2D eigenvalue weighted by Crippen LogP contribution is 2.28. The SMILES string of the molecule is Cc1nnc2ccc(N3CC(N(C)c4nccc5ccccc45)C3)nn12. The highest BCUT2D eigenvalue weighted by Gasteiger charge is 2.32. The van der Waals surface area contributed by atoms with E-state index in [2.05, 4.69) is 67.5 Å².